The summed E-state index contributed by atoms with van der Waals surface area (Å²) in [6.07, 6.45) is 2.15. The van der Waals surface area contributed by atoms with Crippen molar-refractivity contribution in [3.63, 3.8) is 0 Å². The van der Waals surface area contributed by atoms with E-state index in [1.807, 2.05) is 6.07 Å². The molecule has 1 aromatic rings. The van der Waals surface area contributed by atoms with Gasteiger partial charge in [0.05, 0.1) is 6.54 Å². The number of benzene rings is 1. The third kappa shape index (κ3) is 3.07. The summed E-state index contributed by atoms with van der Waals surface area (Å²) in [6.45, 7) is 3.82. The Morgan fingerprint density at radius 2 is 2.16 bits per heavy atom. The lowest BCUT2D eigenvalue weighted by Gasteiger charge is -2.34. The Bertz CT molecular complexity index is 435. The van der Waals surface area contributed by atoms with Gasteiger partial charge in [-0.25, -0.2) is 4.79 Å². The lowest BCUT2D eigenvalue weighted by Crippen LogP contribution is -2.41. The van der Waals surface area contributed by atoms with Crippen LogP contribution in [0.25, 0.3) is 0 Å². The number of nitrogens with one attached hydrogen (secondary N) is 1. The first-order chi connectivity index (χ1) is 9.31. The number of hydrogen-bond donors (Lipinski definition) is 1. The van der Waals surface area contributed by atoms with Crippen molar-refractivity contribution in [3.05, 3.63) is 35.9 Å². The van der Waals surface area contributed by atoms with Gasteiger partial charge in [0.1, 0.15) is 6.10 Å². The predicted molar refractivity (Wildman–Crippen MR) is 72.7 cm³/mol. The highest BCUT2D eigenvalue weighted by molar-refractivity contribution is 5.69. The van der Waals surface area contributed by atoms with E-state index in [1.54, 1.807) is 0 Å². The van der Waals surface area contributed by atoms with Crippen LogP contribution in [0.15, 0.2) is 30.3 Å². The number of nitrogens with zero attached hydrogens (tertiary/aromatic N) is 1. The first-order valence-electron chi connectivity index (χ1n) is 7.02. The molecule has 3 rings (SSSR count). The molecule has 4 nitrogen and oxygen atoms in total. The van der Waals surface area contributed by atoms with Crippen molar-refractivity contribution < 1.29 is 9.53 Å². The van der Waals surface area contributed by atoms with Crippen LogP contribution in [-0.2, 0) is 11.3 Å². The van der Waals surface area contributed by atoms with E-state index in [4.69, 9.17) is 4.74 Å². The largest absolute Gasteiger partial charge is 0.444 e. The number of alkyl carbamates (subject to hydrolysis) is 1. The molecule has 2 fully saturated rings. The van der Waals surface area contributed by atoms with Gasteiger partial charge < -0.3 is 10.1 Å². The first-order valence-corrected chi connectivity index (χ1v) is 7.02. The van der Waals surface area contributed by atoms with Gasteiger partial charge in [-0.2, -0.15) is 0 Å². The van der Waals surface area contributed by atoms with E-state index in [0.29, 0.717) is 12.5 Å². The van der Waals surface area contributed by atoms with E-state index in [2.05, 4.69) is 34.5 Å². The standard InChI is InChI=1S/C15H20N2O2/c18-15-16-9-14(19-15)13-7-4-8-17(11-13)10-12-5-2-1-3-6-12/h1-3,5-6,13-14H,4,7-11H2,(H,16,18). The van der Waals surface area contributed by atoms with Crippen LogP contribution in [0.5, 0.6) is 0 Å². The second-order valence-corrected chi connectivity index (χ2v) is 5.45. The minimum atomic E-state index is -0.259. The summed E-state index contributed by atoms with van der Waals surface area (Å²) >= 11 is 0. The van der Waals surface area contributed by atoms with Crippen LogP contribution < -0.4 is 5.32 Å². The van der Waals surface area contributed by atoms with E-state index < -0.39 is 0 Å². The maximum Gasteiger partial charge on any atom is 0.407 e. The number of carbonyl (C=O) groups is 1. The van der Waals surface area contributed by atoms with E-state index in [1.165, 1.54) is 12.0 Å². The van der Waals surface area contributed by atoms with Gasteiger partial charge in [0.25, 0.3) is 0 Å². The predicted octanol–water partition coefficient (Wildman–Crippen LogP) is 2.01. The molecule has 1 N–H and O–H groups in total. The zero-order valence-electron chi connectivity index (χ0n) is 11.0. The number of cyclic esters (lactones) is 1. The fourth-order valence-corrected chi connectivity index (χ4v) is 3.05. The van der Waals surface area contributed by atoms with Crippen molar-refractivity contribution in [2.45, 2.75) is 25.5 Å². The number of piperidine rings is 1. The molecule has 2 aliphatic rings. The molecule has 2 atom stereocenters. The van der Waals surface area contributed by atoms with E-state index in [9.17, 15) is 4.79 Å². The van der Waals surface area contributed by atoms with Crippen LogP contribution in [0.3, 0.4) is 0 Å². The van der Waals surface area contributed by atoms with Crippen molar-refractivity contribution >= 4 is 6.09 Å². The molecule has 0 aliphatic carbocycles. The Morgan fingerprint density at radius 3 is 2.89 bits per heavy atom. The number of hydrogen-bond acceptors (Lipinski definition) is 3. The van der Waals surface area contributed by atoms with Crippen LogP contribution in [-0.4, -0.2) is 36.7 Å². The van der Waals surface area contributed by atoms with Gasteiger partial charge in [0.2, 0.25) is 0 Å². The second-order valence-electron chi connectivity index (χ2n) is 5.45. The summed E-state index contributed by atoms with van der Waals surface area (Å²) in [5.74, 6) is 0.469. The maximum absolute atomic E-state index is 11.1. The quantitative estimate of drug-likeness (QED) is 0.904. The molecule has 2 aliphatic heterocycles. The third-order valence-electron chi connectivity index (χ3n) is 4.02. The first kappa shape index (κ1) is 12.5. The normalized spacial score (nSPS) is 27.9. The van der Waals surface area contributed by atoms with Crippen LogP contribution >= 0.6 is 0 Å². The molecule has 2 heterocycles. The third-order valence-corrected chi connectivity index (χ3v) is 4.02. The summed E-state index contributed by atoms with van der Waals surface area (Å²) in [6, 6.07) is 10.5. The molecule has 0 radical (unpaired) electrons. The lowest BCUT2D eigenvalue weighted by atomic mass is 9.92. The molecule has 1 amide bonds. The van der Waals surface area contributed by atoms with Crippen LogP contribution in [0.2, 0.25) is 0 Å². The Labute approximate surface area is 113 Å². The topological polar surface area (TPSA) is 41.6 Å². The Hall–Kier alpha value is -1.55. The average Bonchev–Trinajstić information content (AvgIpc) is 2.87. The SMILES string of the molecule is O=C1NCC(C2CCCN(Cc3ccccc3)C2)O1. The monoisotopic (exact) mass is 260 g/mol. The fraction of sp³-hybridized carbons (Fsp3) is 0.533. The highest BCUT2D eigenvalue weighted by Crippen LogP contribution is 2.24. The summed E-state index contributed by atoms with van der Waals surface area (Å²) in [5.41, 5.74) is 1.35. The molecule has 2 unspecified atom stereocenters. The van der Waals surface area contributed by atoms with E-state index in [0.717, 1.165) is 26.1 Å². The van der Waals surface area contributed by atoms with Crippen LogP contribution in [0.4, 0.5) is 4.79 Å². The zero-order valence-corrected chi connectivity index (χ0v) is 11.0. The molecule has 2 saturated heterocycles. The number of carbonyl (C=O) groups excluding carboxylic acids is 1. The van der Waals surface area contributed by atoms with Gasteiger partial charge in [-0.15, -0.1) is 0 Å². The molecule has 19 heavy (non-hydrogen) atoms. The van der Waals surface area contributed by atoms with Gasteiger partial charge in [0, 0.05) is 19.0 Å². The average molecular weight is 260 g/mol. The van der Waals surface area contributed by atoms with Crippen molar-refractivity contribution in [2.75, 3.05) is 19.6 Å². The fourth-order valence-electron chi connectivity index (χ4n) is 3.05. The van der Waals surface area contributed by atoms with Gasteiger partial charge in [-0.05, 0) is 24.9 Å². The molecule has 0 bridgehead atoms. The Balaban J connectivity index is 1.57. The Morgan fingerprint density at radius 1 is 1.32 bits per heavy atom. The second kappa shape index (κ2) is 5.61. The summed E-state index contributed by atoms with van der Waals surface area (Å²) in [5, 5.41) is 2.75. The molecular weight excluding hydrogens is 240 g/mol. The van der Waals surface area contributed by atoms with Crippen molar-refractivity contribution in [2.24, 2.45) is 5.92 Å². The minimum Gasteiger partial charge on any atom is -0.444 e. The minimum absolute atomic E-state index is 0.0612. The lowest BCUT2D eigenvalue weighted by molar-refractivity contribution is 0.0578. The Kier molecular flexibility index (Phi) is 3.69. The molecule has 0 saturated carbocycles. The van der Waals surface area contributed by atoms with Crippen molar-refractivity contribution in [1.29, 1.82) is 0 Å². The molecule has 102 valence electrons. The number of likely N-dealkylation sites (tertiary alicyclic amines) is 1. The number of ether oxygens (including phenoxy) is 1. The van der Waals surface area contributed by atoms with E-state index >= 15 is 0 Å². The molecule has 4 heteroatoms. The van der Waals surface area contributed by atoms with Gasteiger partial charge in [0.15, 0.2) is 0 Å². The van der Waals surface area contributed by atoms with Gasteiger partial charge >= 0.3 is 6.09 Å². The van der Waals surface area contributed by atoms with Crippen molar-refractivity contribution in [3.8, 4) is 0 Å². The van der Waals surface area contributed by atoms with E-state index in [-0.39, 0.29) is 12.2 Å². The highest BCUT2D eigenvalue weighted by Gasteiger charge is 2.33. The van der Waals surface area contributed by atoms with Crippen molar-refractivity contribution in [1.82, 2.24) is 10.2 Å². The maximum atomic E-state index is 11.1. The zero-order chi connectivity index (χ0) is 13.1. The number of amides is 1. The molecule has 0 spiro atoms. The summed E-state index contributed by atoms with van der Waals surface area (Å²) in [7, 11) is 0. The molecular formula is C15H20N2O2. The summed E-state index contributed by atoms with van der Waals surface area (Å²) < 4.78 is 5.32. The highest BCUT2D eigenvalue weighted by atomic mass is 16.6. The van der Waals surface area contributed by atoms with Crippen LogP contribution in [0.1, 0.15) is 18.4 Å². The van der Waals surface area contributed by atoms with Gasteiger partial charge in [-0.1, -0.05) is 30.3 Å². The number of rotatable bonds is 3. The smallest absolute Gasteiger partial charge is 0.407 e. The van der Waals surface area contributed by atoms with Crippen LogP contribution in [0, 0.1) is 5.92 Å². The van der Waals surface area contributed by atoms with Gasteiger partial charge in [-0.3, -0.25) is 4.90 Å². The summed E-state index contributed by atoms with van der Waals surface area (Å²) in [4.78, 5) is 13.6. The molecule has 0 aromatic heterocycles. The molecule has 1 aromatic carbocycles.